The number of carbonyl (C=O) groups is 2. The van der Waals surface area contributed by atoms with Gasteiger partial charge in [0.2, 0.25) is 0 Å². The summed E-state index contributed by atoms with van der Waals surface area (Å²) in [5.74, 6) is -0.197. The second-order valence-electron chi connectivity index (χ2n) is 6.45. The van der Waals surface area contributed by atoms with Crippen LogP contribution in [0.4, 0.5) is 5.69 Å². The summed E-state index contributed by atoms with van der Waals surface area (Å²) in [5.41, 5.74) is 4.10. The van der Waals surface area contributed by atoms with Crippen molar-refractivity contribution in [3.8, 4) is 0 Å². The Labute approximate surface area is 157 Å². The number of rotatable bonds is 4. The lowest BCUT2D eigenvalue weighted by Crippen LogP contribution is -2.29. The van der Waals surface area contributed by atoms with Gasteiger partial charge < -0.3 is 10.2 Å². The van der Waals surface area contributed by atoms with E-state index in [0.29, 0.717) is 24.2 Å². The quantitative estimate of drug-likeness (QED) is 0.780. The highest BCUT2D eigenvalue weighted by Crippen LogP contribution is 2.30. The van der Waals surface area contributed by atoms with E-state index in [0.717, 1.165) is 23.2 Å². The first-order valence-electron chi connectivity index (χ1n) is 8.89. The van der Waals surface area contributed by atoms with Crippen molar-refractivity contribution in [3.05, 3.63) is 95.3 Å². The van der Waals surface area contributed by atoms with E-state index in [1.807, 2.05) is 60.7 Å². The zero-order chi connectivity index (χ0) is 18.6. The normalized spacial score (nSPS) is 12.5. The minimum absolute atomic E-state index is 0.0382. The van der Waals surface area contributed by atoms with Crippen molar-refractivity contribution in [3.63, 3.8) is 0 Å². The summed E-state index contributed by atoms with van der Waals surface area (Å²) < 4.78 is 0. The molecule has 3 aromatic rings. The average molecular weight is 357 g/mol. The molecule has 0 atom stereocenters. The third-order valence-electron chi connectivity index (χ3n) is 4.71. The summed E-state index contributed by atoms with van der Waals surface area (Å²) in [5, 5.41) is 2.91. The smallest absolute Gasteiger partial charge is 0.258 e. The van der Waals surface area contributed by atoms with Crippen molar-refractivity contribution in [2.24, 2.45) is 0 Å². The fourth-order valence-corrected chi connectivity index (χ4v) is 3.25. The number of hydrogen-bond acceptors (Lipinski definition) is 3. The molecule has 2 aromatic carbocycles. The minimum atomic E-state index is -0.159. The lowest BCUT2D eigenvalue weighted by molar-refractivity contribution is 0.0948. The third kappa shape index (κ3) is 3.58. The maximum absolute atomic E-state index is 12.8. The molecule has 0 saturated carbocycles. The van der Waals surface area contributed by atoms with Gasteiger partial charge in [-0.3, -0.25) is 14.6 Å². The highest BCUT2D eigenvalue weighted by atomic mass is 16.2. The van der Waals surface area contributed by atoms with Crippen LogP contribution in [0.15, 0.2) is 73.1 Å². The molecule has 0 spiro atoms. The van der Waals surface area contributed by atoms with Crippen LogP contribution in [0.5, 0.6) is 0 Å². The fraction of sp³-hybridized carbons (Fsp3) is 0.136. The second-order valence-corrected chi connectivity index (χ2v) is 6.45. The second kappa shape index (κ2) is 7.41. The van der Waals surface area contributed by atoms with E-state index in [1.165, 1.54) is 0 Å². The van der Waals surface area contributed by atoms with E-state index in [1.54, 1.807) is 17.3 Å². The molecule has 1 aromatic heterocycles. The lowest BCUT2D eigenvalue weighted by Gasteiger charge is -2.18. The predicted octanol–water partition coefficient (Wildman–Crippen LogP) is 3.21. The number of hydrogen-bond donors (Lipinski definition) is 1. The monoisotopic (exact) mass is 357 g/mol. The molecule has 2 amide bonds. The number of nitrogens with one attached hydrogen (secondary N) is 1. The van der Waals surface area contributed by atoms with Crippen LogP contribution in [0, 0.1) is 0 Å². The molecule has 5 nitrogen and oxygen atoms in total. The molecule has 0 aliphatic carbocycles. The molecule has 4 rings (SSSR count). The molecule has 0 bridgehead atoms. The Morgan fingerprint density at radius 2 is 1.74 bits per heavy atom. The van der Waals surface area contributed by atoms with Crippen LogP contribution >= 0.6 is 0 Å². The molecule has 0 radical (unpaired) electrons. The molecule has 2 heterocycles. The van der Waals surface area contributed by atoms with Gasteiger partial charge in [-0.1, -0.05) is 24.3 Å². The number of amides is 2. The Morgan fingerprint density at radius 1 is 0.963 bits per heavy atom. The highest BCUT2D eigenvalue weighted by molar-refractivity contribution is 6.08. The molecule has 134 valence electrons. The van der Waals surface area contributed by atoms with E-state index in [2.05, 4.69) is 10.3 Å². The van der Waals surface area contributed by atoms with E-state index >= 15 is 0 Å². The molecular weight excluding hydrogens is 338 g/mol. The van der Waals surface area contributed by atoms with Crippen molar-refractivity contribution in [2.45, 2.75) is 13.0 Å². The van der Waals surface area contributed by atoms with Crippen LogP contribution in [-0.4, -0.2) is 23.3 Å². The van der Waals surface area contributed by atoms with Crippen LogP contribution in [0.2, 0.25) is 0 Å². The number of benzene rings is 2. The number of anilines is 1. The Morgan fingerprint density at radius 3 is 2.52 bits per heavy atom. The van der Waals surface area contributed by atoms with Crippen LogP contribution < -0.4 is 10.2 Å². The van der Waals surface area contributed by atoms with Crippen LogP contribution in [0.1, 0.15) is 31.8 Å². The molecule has 1 N–H and O–H groups in total. The van der Waals surface area contributed by atoms with Crippen molar-refractivity contribution >= 4 is 17.5 Å². The summed E-state index contributed by atoms with van der Waals surface area (Å²) >= 11 is 0. The summed E-state index contributed by atoms with van der Waals surface area (Å²) in [6, 6.07) is 18.5. The van der Waals surface area contributed by atoms with Crippen molar-refractivity contribution in [1.82, 2.24) is 10.3 Å². The Hall–Kier alpha value is -3.47. The highest BCUT2D eigenvalue weighted by Gasteiger charge is 2.26. The first-order valence-corrected chi connectivity index (χ1v) is 8.89. The van der Waals surface area contributed by atoms with E-state index in [-0.39, 0.29) is 11.8 Å². The number of pyridine rings is 1. The fourth-order valence-electron chi connectivity index (χ4n) is 3.25. The van der Waals surface area contributed by atoms with Gasteiger partial charge in [0.1, 0.15) is 0 Å². The summed E-state index contributed by atoms with van der Waals surface area (Å²) in [7, 11) is 0. The van der Waals surface area contributed by atoms with Gasteiger partial charge in [-0.2, -0.15) is 0 Å². The van der Waals surface area contributed by atoms with Gasteiger partial charge in [0.05, 0.1) is 0 Å². The van der Waals surface area contributed by atoms with E-state index in [4.69, 9.17) is 0 Å². The number of carbonyl (C=O) groups excluding carboxylic acids is 2. The largest absolute Gasteiger partial charge is 0.348 e. The molecule has 27 heavy (non-hydrogen) atoms. The Balaban J connectivity index is 1.52. The van der Waals surface area contributed by atoms with Gasteiger partial charge >= 0.3 is 0 Å². The Kier molecular flexibility index (Phi) is 4.66. The molecule has 0 unspecified atom stereocenters. The van der Waals surface area contributed by atoms with Crippen LogP contribution in [0.3, 0.4) is 0 Å². The molecule has 0 saturated heterocycles. The number of nitrogens with zero attached hydrogens (tertiary/aromatic N) is 2. The molecular formula is C22H19N3O2. The lowest BCUT2D eigenvalue weighted by atomic mass is 10.1. The summed E-state index contributed by atoms with van der Waals surface area (Å²) in [4.78, 5) is 31.1. The van der Waals surface area contributed by atoms with Gasteiger partial charge in [0, 0.05) is 42.3 Å². The molecule has 0 fully saturated rings. The maximum Gasteiger partial charge on any atom is 0.258 e. The first-order chi connectivity index (χ1) is 13.2. The zero-order valence-electron chi connectivity index (χ0n) is 14.8. The number of fused-ring (bicyclic) bond motifs is 1. The van der Waals surface area contributed by atoms with Gasteiger partial charge in [-0.15, -0.1) is 0 Å². The molecule has 1 aliphatic rings. The van der Waals surface area contributed by atoms with E-state index < -0.39 is 0 Å². The van der Waals surface area contributed by atoms with Gasteiger partial charge in [-0.25, -0.2) is 0 Å². The van der Waals surface area contributed by atoms with Crippen molar-refractivity contribution in [2.75, 3.05) is 11.4 Å². The summed E-state index contributed by atoms with van der Waals surface area (Å²) in [6.45, 7) is 1.07. The zero-order valence-corrected chi connectivity index (χ0v) is 14.8. The molecule has 5 heteroatoms. The SMILES string of the molecule is O=C(NCc1ccncc1)c1ccc2c(c1)N(C(=O)c1ccccc1)CC2. The topological polar surface area (TPSA) is 62.3 Å². The van der Waals surface area contributed by atoms with Crippen LogP contribution in [0.25, 0.3) is 0 Å². The van der Waals surface area contributed by atoms with Crippen molar-refractivity contribution < 1.29 is 9.59 Å². The minimum Gasteiger partial charge on any atom is -0.348 e. The third-order valence-corrected chi connectivity index (χ3v) is 4.71. The first kappa shape index (κ1) is 17.0. The average Bonchev–Trinajstić information content (AvgIpc) is 3.16. The maximum atomic E-state index is 12.8. The predicted molar refractivity (Wildman–Crippen MR) is 104 cm³/mol. The van der Waals surface area contributed by atoms with Gasteiger partial charge in [-0.05, 0) is 53.9 Å². The summed E-state index contributed by atoms with van der Waals surface area (Å²) in [6.07, 6.45) is 4.20. The molecule has 1 aliphatic heterocycles. The van der Waals surface area contributed by atoms with Gasteiger partial charge in [0.15, 0.2) is 0 Å². The Bertz CT molecular complexity index is 971. The van der Waals surface area contributed by atoms with Crippen LogP contribution in [-0.2, 0) is 13.0 Å². The number of aromatic nitrogens is 1. The standard InChI is InChI=1S/C22H19N3O2/c26-21(24-15-16-8-11-23-12-9-16)19-7-6-17-10-13-25(20(17)14-19)22(27)18-4-2-1-3-5-18/h1-9,11-12,14H,10,13,15H2,(H,24,26). The van der Waals surface area contributed by atoms with E-state index in [9.17, 15) is 9.59 Å². The van der Waals surface area contributed by atoms with Gasteiger partial charge in [0.25, 0.3) is 11.8 Å². The van der Waals surface area contributed by atoms with Crippen molar-refractivity contribution in [1.29, 1.82) is 0 Å².